The van der Waals surface area contributed by atoms with Crippen molar-refractivity contribution in [1.29, 1.82) is 0 Å². The van der Waals surface area contributed by atoms with Gasteiger partial charge in [0.2, 0.25) is 0 Å². The Morgan fingerprint density at radius 1 is 0.625 bits per heavy atom. The van der Waals surface area contributed by atoms with E-state index in [0.29, 0.717) is 22.5 Å². The van der Waals surface area contributed by atoms with Crippen LogP contribution in [0.3, 0.4) is 0 Å². The molecule has 0 saturated carbocycles. The van der Waals surface area contributed by atoms with E-state index in [1.807, 2.05) is 54.6 Å². The summed E-state index contributed by atoms with van der Waals surface area (Å²) >= 11 is 5.09. The Morgan fingerprint density at radius 3 is 1.91 bits per heavy atom. The largest absolute Gasteiger partial charge is 0.322 e. The molecule has 4 aromatic carbocycles. The SMILES string of the molecule is O=C(Nc1ccccc1C(=O)Nc1ccc(Sc2ccc(Br)cc2)cc1)c1ccccc1. The van der Waals surface area contributed by atoms with Crippen LogP contribution in [0, 0.1) is 0 Å². The molecule has 2 amide bonds. The van der Waals surface area contributed by atoms with Gasteiger partial charge in [-0.1, -0.05) is 58.0 Å². The molecule has 0 aliphatic carbocycles. The normalized spacial score (nSPS) is 10.4. The first kappa shape index (κ1) is 21.9. The summed E-state index contributed by atoms with van der Waals surface area (Å²) in [5.74, 6) is -0.553. The van der Waals surface area contributed by atoms with E-state index < -0.39 is 0 Å². The van der Waals surface area contributed by atoms with Gasteiger partial charge in [0.15, 0.2) is 0 Å². The maximum absolute atomic E-state index is 12.9. The fraction of sp³-hybridized carbons (Fsp3) is 0. The minimum atomic E-state index is -0.290. The first-order valence-corrected chi connectivity index (χ1v) is 11.5. The zero-order valence-electron chi connectivity index (χ0n) is 16.9. The molecule has 0 aliphatic heterocycles. The van der Waals surface area contributed by atoms with Crippen LogP contribution in [0.5, 0.6) is 0 Å². The van der Waals surface area contributed by atoms with Gasteiger partial charge in [-0.25, -0.2) is 0 Å². The van der Waals surface area contributed by atoms with E-state index in [-0.39, 0.29) is 11.8 Å². The van der Waals surface area contributed by atoms with Crippen molar-refractivity contribution < 1.29 is 9.59 Å². The van der Waals surface area contributed by atoms with E-state index in [9.17, 15) is 9.59 Å². The lowest BCUT2D eigenvalue weighted by Gasteiger charge is -2.12. The molecule has 0 aromatic heterocycles. The lowest BCUT2D eigenvalue weighted by atomic mass is 10.1. The molecule has 0 aliphatic rings. The Morgan fingerprint density at radius 2 is 1.22 bits per heavy atom. The van der Waals surface area contributed by atoms with Crippen LogP contribution in [-0.2, 0) is 0 Å². The lowest BCUT2D eigenvalue weighted by Crippen LogP contribution is -2.18. The minimum Gasteiger partial charge on any atom is -0.322 e. The number of amides is 2. The van der Waals surface area contributed by atoms with Crippen molar-refractivity contribution in [3.8, 4) is 0 Å². The minimum absolute atomic E-state index is 0.264. The summed E-state index contributed by atoms with van der Waals surface area (Å²) in [6.07, 6.45) is 0. The quantitative estimate of drug-likeness (QED) is 0.295. The molecular formula is C26H19BrN2O2S. The van der Waals surface area contributed by atoms with Crippen molar-refractivity contribution in [3.05, 3.63) is 119 Å². The Kier molecular flexibility index (Phi) is 7.04. The maximum Gasteiger partial charge on any atom is 0.257 e. The molecule has 0 fully saturated rings. The van der Waals surface area contributed by atoms with E-state index in [0.717, 1.165) is 14.3 Å². The lowest BCUT2D eigenvalue weighted by molar-refractivity contribution is 0.102. The Labute approximate surface area is 199 Å². The monoisotopic (exact) mass is 502 g/mol. The van der Waals surface area contributed by atoms with Gasteiger partial charge in [0.05, 0.1) is 11.3 Å². The van der Waals surface area contributed by atoms with Crippen LogP contribution in [0.25, 0.3) is 0 Å². The molecule has 0 spiro atoms. The third-order valence-corrected chi connectivity index (χ3v) is 6.16. The van der Waals surface area contributed by atoms with E-state index in [2.05, 4.69) is 26.6 Å². The van der Waals surface area contributed by atoms with Gasteiger partial charge in [-0.05, 0) is 72.8 Å². The first-order valence-electron chi connectivity index (χ1n) is 9.89. The second-order valence-corrected chi connectivity index (χ2v) is 8.96. The van der Waals surface area contributed by atoms with Crippen molar-refractivity contribution >= 4 is 50.9 Å². The molecule has 32 heavy (non-hydrogen) atoms. The molecule has 158 valence electrons. The van der Waals surface area contributed by atoms with Crippen LogP contribution in [0.2, 0.25) is 0 Å². The highest BCUT2D eigenvalue weighted by Gasteiger charge is 2.14. The fourth-order valence-electron chi connectivity index (χ4n) is 3.02. The number of para-hydroxylation sites is 1. The van der Waals surface area contributed by atoms with Crippen molar-refractivity contribution in [2.75, 3.05) is 10.6 Å². The number of hydrogen-bond acceptors (Lipinski definition) is 3. The summed E-state index contributed by atoms with van der Waals surface area (Å²) < 4.78 is 1.04. The molecule has 4 aromatic rings. The molecule has 4 rings (SSSR count). The zero-order chi connectivity index (χ0) is 22.3. The zero-order valence-corrected chi connectivity index (χ0v) is 19.3. The molecule has 0 unspecified atom stereocenters. The third kappa shape index (κ3) is 5.66. The fourth-order valence-corrected chi connectivity index (χ4v) is 4.10. The number of nitrogens with one attached hydrogen (secondary N) is 2. The van der Waals surface area contributed by atoms with Crippen LogP contribution in [-0.4, -0.2) is 11.8 Å². The predicted molar refractivity (Wildman–Crippen MR) is 133 cm³/mol. The average Bonchev–Trinajstić information content (AvgIpc) is 2.82. The number of benzene rings is 4. The molecule has 0 atom stereocenters. The number of carbonyl (C=O) groups is 2. The van der Waals surface area contributed by atoms with Crippen LogP contribution in [0.1, 0.15) is 20.7 Å². The van der Waals surface area contributed by atoms with Crippen molar-refractivity contribution in [2.45, 2.75) is 9.79 Å². The highest BCUT2D eigenvalue weighted by molar-refractivity contribution is 9.10. The van der Waals surface area contributed by atoms with Gasteiger partial charge >= 0.3 is 0 Å². The Balaban J connectivity index is 1.44. The van der Waals surface area contributed by atoms with Gasteiger partial charge in [0.1, 0.15) is 0 Å². The summed E-state index contributed by atoms with van der Waals surface area (Å²) in [5, 5.41) is 5.73. The smallest absolute Gasteiger partial charge is 0.257 e. The molecule has 0 radical (unpaired) electrons. The number of anilines is 2. The summed E-state index contributed by atoms with van der Waals surface area (Å²) in [6.45, 7) is 0. The Bertz CT molecular complexity index is 1230. The van der Waals surface area contributed by atoms with Crippen molar-refractivity contribution in [1.82, 2.24) is 0 Å². The standard InChI is InChI=1S/C26H19BrN2O2S/c27-19-10-14-21(15-11-19)32-22-16-12-20(13-17-22)28-26(31)23-8-4-5-9-24(23)29-25(30)18-6-2-1-3-7-18/h1-17H,(H,28,31)(H,29,30). The van der Waals surface area contributed by atoms with Gasteiger partial charge < -0.3 is 10.6 Å². The summed E-state index contributed by atoms with van der Waals surface area (Å²) in [7, 11) is 0. The highest BCUT2D eigenvalue weighted by Crippen LogP contribution is 2.29. The number of halogens is 1. The number of carbonyl (C=O) groups excluding carboxylic acids is 2. The molecule has 0 saturated heterocycles. The molecule has 6 heteroatoms. The summed E-state index contributed by atoms with van der Waals surface area (Å²) in [5.41, 5.74) is 2.06. The second kappa shape index (κ2) is 10.3. The Hall–Kier alpha value is -3.35. The van der Waals surface area contributed by atoms with Gasteiger partial charge in [-0.15, -0.1) is 0 Å². The van der Waals surface area contributed by atoms with Crippen LogP contribution in [0.4, 0.5) is 11.4 Å². The summed E-state index contributed by atoms with van der Waals surface area (Å²) in [4.78, 5) is 27.6. The topological polar surface area (TPSA) is 58.2 Å². The third-order valence-electron chi connectivity index (χ3n) is 4.62. The summed E-state index contributed by atoms with van der Waals surface area (Å²) in [6, 6.07) is 31.6. The number of hydrogen-bond donors (Lipinski definition) is 2. The number of rotatable bonds is 6. The van der Waals surface area contributed by atoms with Crippen molar-refractivity contribution in [3.63, 3.8) is 0 Å². The van der Waals surface area contributed by atoms with Crippen molar-refractivity contribution in [2.24, 2.45) is 0 Å². The first-order chi connectivity index (χ1) is 15.6. The highest BCUT2D eigenvalue weighted by atomic mass is 79.9. The van der Waals surface area contributed by atoms with E-state index in [1.54, 1.807) is 60.3 Å². The molecule has 0 heterocycles. The van der Waals surface area contributed by atoms with Gasteiger partial charge in [-0.2, -0.15) is 0 Å². The maximum atomic E-state index is 12.9. The van der Waals surface area contributed by atoms with E-state index in [4.69, 9.17) is 0 Å². The van der Waals surface area contributed by atoms with Gasteiger partial charge in [0.25, 0.3) is 11.8 Å². The molecule has 4 nitrogen and oxygen atoms in total. The predicted octanol–water partition coefficient (Wildman–Crippen LogP) is 7.10. The van der Waals surface area contributed by atoms with Crippen LogP contribution < -0.4 is 10.6 Å². The van der Waals surface area contributed by atoms with Crippen LogP contribution >= 0.6 is 27.7 Å². The molecule has 0 bridgehead atoms. The van der Waals surface area contributed by atoms with E-state index >= 15 is 0 Å². The van der Waals surface area contributed by atoms with Gasteiger partial charge in [0, 0.05) is 25.5 Å². The molecular weight excluding hydrogens is 484 g/mol. The van der Waals surface area contributed by atoms with E-state index in [1.165, 1.54) is 0 Å². The van der Waals surface area contributed by atoms with Crippen LogP contribution in [0.15, 0.2) is 117 Å². The molecule has 2 N–H and O–H groups in total. The second-order valence-electron chi connectivity index (χ2n) is 6.90. The average molecular weight is 503 g/mol. The van der Waals surface area contributed by atoms with Gasteiger partial charge in [-0.3, -0.25) is 9.59 Å².